The van der Waals surface area contributed by atoms with Crippen molar-refractivity contribution >= 4 is 0 Å². The summed E-state index contributed by atoms with van der Waals surface area (Å²) < 4.78 is 0. The highest BCUT2D eigenvalue weighted by atomic mass is 15.1. The molecule has 1 saturated carbocycles. The number of piperidine rings is 1. The fraction of sp³-hybridized carbons (Fsp3) is 0.933. The molecule has 2 heteroatoms. The van der Waals surface area contributed by atoms with Gasteiger partial charge in [0, 0.05) is 6.54 Å². The Balaban J connectivity index is 1.58. The third-order valence-corrected chi connectivity index (χ3v) is 4.67. The highest BCUT2D eigenvalue weighted by Crippen LogP contribution is 2.44. The van der Waals surface area contributed by atoms with Crippen molar-refractivity contribution in [3.8, 4) is 6.07 Å². The van der Waals surface area contributed by atoms with Crippen molar-refractivity contribution in [2.24, 2.45) is 11.3 Å². The first-order valence-corrected chi connectivity index (χ1v) is 7.38. The Morgan fingerprint density at radius 3 is 2.71 bits per heavy atom. The molecule has 1 atom stereocenters. The quantitative estimate of drug-likeness (QED) is 0.680. The van der Waals surface area contributed by atoms with Gasteiger partial charge in [0.1, 0.15) is 0 Å². The number of unbranched alkanes of at least 4 members (excludes halogenated alkanes) is 1. The average molecular weight is 234 g/mol. The predicted molar refractivity (Wildman–Crippen MR) is 70.6 cm³/mol. The Morgan fingerprint density at radius 1 is 1.29 bits per heavy atom. The van der Waals surface area contributed by atoms with E-state index in [4.69, 9.17) is 5.26 Å². The van der Waals surface area contributed by atoms with Crippen LogP contribution in [0.25, 0.3) is 0 Å². The van der Waals surface area contributed by atoms with Gasteiger partial charge in [0.15, 0.2) is 0 Å². The Kier molecular flexibility index (Phi) is 4.45. The molecule has 1 aliphatic carbocycles. The molecule has 0 bridgehead atoms. The van der Waals surface area contributed by atoms with Crippen molar-refractivity contribution in [2.75, 3.05) is 19.6 Å². The highest BCUT2D eigenvalue weighted by molar-refractivity contribution is 5.04. The lowest BCUT2D eigenvalue weighted by Crippen LogP contribution is -2.35. The predicted octanol–water partition coefficient (Wildman–Crippen LogP) is 3.58. The first-order valence-electron chi connectivity index (χ1n) is 7.38. The van der Waals surface area contributed by atoms with E-state index in [1.807, 2.05) is 0 Å². The Labute approximate surface area is 106 Å². The van der Waals surface area contributed by atoms with E-state index in [1.54, 1.807) is 0 Å². The molecule has 0 radical (unpaired) electrons. The molecular formula is C15H26N2. The van der Waals surface area contributed by atoms with Crippen molar-refractivity contribution in [2.45, 2.75) is 58.3 Å². The summed E-state index contributed by atoms with van der Waals surface area (Å²) in [4.78, 5) is 2.62. The van der Waals surface area contributed by atoms with Gasteiger partial charge in [-0.3, -0.25) is 0 Å². The second-order valence-electron chi connectivity index (χ2n) is 6.25. The summed E-state index contributed by atoms with van der Waals surface area (Å²) >= 11 is 0. The lowest BCUT2D eigenvalue weighted by atomic mass is 9.67. The summed E-state index contributed by atoms with van der Waals surface area (Å²) in [5.74, 6) is 0.890. The summed E-state index contributed by atoms with van der Waals surface area (Å²) in [5.41, 5.74) is 0.0925. The first-order chi connectivity index (χ1) is 8.24. The van der Waals surface area contributed by atoms with Gasteiger partial charge in [-0.05, 0) is 57.5 Å². The lowest BCUT2D eigenvalue weighted by molar-refractivity contribution is 0.165. The van der Waals surface area contributed by atoms with Crippen LogP contribution in [-0.4, -0.2) is 24.5 Å². The van der Waals surface area contributed by atoms with Crippen LogP contribution < -0.4 is 0 Å². The molecule has 0 aromatic carbocycles. The second-order valence-corrected chi connectivity index (χ2v) is 6.25. The van der Waals surface area contributed by atoms with Crippen molar-refractivity contribution in [1.29, 1.82) is 5.26 Å². The first kappa shape index (κ1) is 12.9. The van der Waals surface area contributed by atoms with Crippen molar-refractivity contribution < 1.29 is 0 Å². The van der Waals surface area contributed by atoms with Crippen LogP contribution >= 0.6 is 0 Å². The van der Waals surface area contributed by atoms with Crippen LogP contribution in [0.1, 0.15) is 58.3 Å². The molecule has 1 heterocycles. The Morgan fingerprint density at radius 2 is 2.12 bits per heavy atom. The van der Waals surface area contributed by atoms with Crippen LogP contribution in [0.15, 0.2) is 0 Å². The number of hydrogen-bond acceptors (Lipinski definition) is 2. The largest absolute Gasteiger partial charge is 0.303 e. The third kappa shape index (κ3) is 3.45. The van der Waals surface area contributed by atoms with Gasteiger partial charge in [0.2, 0.25) is 0 Å². The van der Waals surface area contributed by atoms with E-state index in [-0.39, 0.29) is 5.41 Å². The molecule has 2 nitrogen and oxygen atoms in total. The maximum Gasteiger partial charge on any atom is 0.0689 e. The summed E-state index contributed by atoms with van der Waals surface area (Å²) in [6, 6.07) is 2.55. The van der Waals surface area contributed by atoms with Gasteiger partial charge in [0.25, 0.3) is 0 Å². The molecule has 2 fully saturated rings. The standard InChI is InChI=1S/C15H26N2/c1-14-6-4-11-17(12-14)10-3-2-7-15(13-16)8-5-9-15/h14H,2-12H2,1H3. The smallest absolute Gasteiger partial charge is 0.0689 e. The van der Waals surface area contributed by atoms with Crippen LogP contribution in [-0.2, 0) is 0 Å². The lowest BCUT2D eigenvalue weighted by Gasteiger charge is -2.35. The van der Waals surface area contributed by atoms with Crippen LogP contribution in [0, 0.1) is 22.7 Å². The van der Waals surface area contributed by atoms with E-state index < -0.39 is 0 Å². The molecule has 1 aliphatic heterocycles. The zero-order valence-corrected chi connectivity index (χ0v) is 11.2. The van der Waals surface area contributed by atoms with Gasteiger partial charge in [0.05, 0.1) is 11.5 Å². The monoisotopic (exact) mass is 234 g/mol. The van der Waals surface area contributed by atoms with Crippen LogP contribution in [0.4, 0.5) is 0 Å². The zero-order chi connectivity index (χ0) is 12.1. The van der Waals surface area contributed by atoms with Crippen molar-refractivity contribution in [3.05, 3.63) is 0 Å². The minimum absolute atomic E-state index is 0.0925. The summed E-state index contributed by atoms with van der Waals surface area (Å²) in [7, 11) is 0. The number of rotatable bonds is 5. The maximum absolute atomic E-state index is 9.16. The highest BCUT2D eigenvalue weighted by Gasteiger charge is 2.36. The van der Waals surface area contributed by atoms with Gasteiger partial charge in [-0.25, -0.2) is 0 Å². The van der Waals surface area contributed by atoms with Gasteiger partial charge in [-0.2, -0.15) is 5.26 Å². The van der Waals surface area contributed by atoms with Crippen LogP contribution in [0.5, 0.6) is 0 Å². The maximum atomic E-state index is 9.16. The van der Waals surface area contributed by atoms with Gasteiger partial charge >= 0.3 is 0 Å². The topological polar surface area (TPSA) is 27.0 Å². The summed E-state index contributed by atoms with van der Waals surface area (Å²) in [6.45, 7) is 6.22. The minimum Gasteiger partial charge on any atom is -0.303 e. The second kappa shape index (κ2) is 5.87. The Bertz CT molecular complexity index is 275. The van der Waals surface area contributed by atoms with Gasteiger partial charge in [-0.1, -0.05) is 19.8 Å². The molecule has 1 unspecified atom stereocenters. The molecule has 96 valence electrons. The van der Waals surface area contributed by atoms with E-state index >= 15 is 0 Å². The zero-order valence-electron chi connectivity index (χ0n) is 11.2. The molecule has 17 heavy (non-hydrogen) atoms. The molecule has 0 aromatic rings. The van der Waals surface area contributed by atoms with Crippen LogP contribution in [0.2, 0.25) is 0 Å². The van der Waals surface area contributed by atoms with E-state index in [1.165, 1.54) is 51.7 Å². The minimum atomic E-state index is 0.0925. The molecule has 0 amide bonds. The number of hydrogen-bond donors (Lipinski definition) is 0. The summed E-state index contributed by atoms with van der Waals surface area (Å²) in [6.07, 6.45) is 10.1. The molecule has 1 saturated heterocycles. The average Bonchev–Trinajstić information content (AvgIpc) is 2.27. The van der Waals surface area contributed by atoms with Gasteiger partial charge in [-0.15, -0.1) is 0 Å². The fourth-order valence-electron chi connectivity index (χ4n) is 3.31. The van der Waals surface area contributed by atoms with Crippen LogP contribution in [0.3, 0.4) is 0 Å². The molecule has 0 aromatic heterocycles. The van der Waals surface area contributed by atoms with E-state index in [0.717, 1.165) is 25.2 Å². The van der Waals surface area contributed by atoms with Crippen molar-refractivity contribution in [3.63, 3.8) is 0 Å². The Hall–Kier alpha value is -0.550. The number of nitriles is 1. The SMILES string of the molecule is CC1CCCN(CCCCC2(C#N)CCC2)C1. The molecular weight excluding hydrogens is 208 g/mol. The molecule has 2 aliphatic rings. The normalized spacial score (nSPS) is 28.4. The van der Waals surface area contributed by atoms with E-state index in [0.29, 0.717) is 0 Å². The number of likely N-dealkylation sites (tertiary alicyclic amines) is 1. The molecule has 0 spiro atoms. The molecule has 0 N–H and O–H groups in total. The summed E-state index contributed by atoms with van der Waals surface area (Å²) in [5, 5.41) is 9.16. The van der Waals surface area contributed by atoms with Crippen molar-refractivity contribution in [1.82, 2.24) is 4.90 Å². The molecule has 2 rings (SSSR count). The van der Waals surface area contributed by atoms with E-state index in [9.17, 15) is 0 Å². The fourth-order valence-corrected chi connectivity index (χ4v) is 3.31. The van der Waals surface area contributed by atoms with Gasteiger partial charge < -0.3 is 4.90 Å². The van der Waals surface area contributed by atoms with E-state index in [2.05, 4.69) is 17.9 Å². The number of nitrogens with zero attached hydrogens (tertiary/aromatic N) is 2. The third-order valence-electron chi connectivity index (χ3n) is 4.67.